The van der Waals surface area contributed by atoms with Crippen LogP contribution in [0.2, 0.25) is 0 Å². The summed E-state index contributed by atoms with van der Waals surface area (Å²) in [6.07, 6.45) is 11.1. The SMILES string of the molecule is C#Cc1ccc2nc(-c3ccc(C#C)s3)cc(-c3ccccc3)c2c1. The lowest BCUT2D eigenvalue weighted by molar-refractivity contribution is 1.41. The van der Waals surface area contributed by atoms with Gasteiger partial charge in [-0.15, -0.1) is 24.2 Å². The Kier molecular flexibility index (Phi) is 3.82. The Morgan fingerprint density at radius 3 is 2.40 bits per heavy atom. The van der Waals surface area contributed by atoms with Crippen molar-refractivity contribution in [3.63, 3.8) is 0 Å². The number of pyridine rings is 1. The Labute approximate surface area is 151 Å². The standard InChI is InChI=1S/C23H13NS/c1-3-16-10-12-21-20(14-16)19(17-8-6-5-7-9-17)15-22(24-21)23-13-11-18(4-2)25-23/h1-2,5-15H. The summed E-state index contributed by atoms with van der Waals surface area (Å²) in [4.78, 5) is 6.79. The topological polar surface area (TPSA) is 12.9 Å². The van der Waals surface area contributed by atoms with Crippen LogP contribution in [0.4, 0.5) is 0 Å². The maximum atomic E-state index is 5.58. The number of hydrogen-bond acceptors (Lipinski definition) is 2. The maximum absolute atomic E-state index is 5.58. The molecule has 2 aromatic heterocycles. The van der Waals surface area contributed by atoms with Crippen LogP contribution in [0.1, 0.15) is 10.4 Å². The third-order valence-electron chi connectivity index (χ3n) is 4.06. The summed E-state index contributed by atoms with van der Waals surface area (Å²) in [6, 6.07) is 22.3. The van der Waals surface area contributed by atoms with Crippen molar-refractivity contribution in [3.05, 3.63) is 77.2 Å². The van der Waals surface area contributed by atoms with E-state index >= 15 is 0 Å². The molecule has 0 aliphatic rings. The van der Waals surface area contributed by atoms with Gasteiger partial charge in [-0.3, -0.25) is 0 Å². The molecule has 0 atom stereocenters. The Balaban J connectivity index is 2.02. The van der Waals surface area contributed by atoms with Crippen LogP contribution in [0.5, 0.6) is 0 Å². The zero-order chi connectivity index (χ0) is 17.2. The molecule has 0 fully saturated rings. The molecular weight excluding hydrogens is 322 g/mol. The molecular formula is C23H13NS. The molecule has 4 rings (SSSR count). The van der Waals surface area contributed by atoms with Gasteiger partial charge in [0.15, 0.2) is 0 Å². The molecule has 0 radical (unpaired) electrons. The van der Waals surface area contributed by atoms with E-state index in [0.29, 0.717) is 0 Å². The van der Waals surface area contributed by atoms with Crippen LogP contribution in [0.25, 0.3) is 32.6 Å². The Hall–Kier alpha value is -3.33. The Morgan fingerprint density at radius 1 is 0.840 bits per heavy atom. The number of aromatic nitrogens is 1. The molecule has 0 aliphatic carbocycles. The number of fused-ring (bicyclic) bond motifs is 1. The molecule has 116 valence electrons. The number of thiophene rings is 1. The molecule has 2 aromatic carbocycles. The van der Waals surface area contributed by atoms with Crippen molar-refractivity contribution in [2.75, 3.05) is 0 Å². The van der Waals surface area contributed by atoms with Gasteiger partial charge < -0.3 is 0 Å². The van der Waals surface area contributed by atoms with Gasteiger partial charge in [0.05, 0.1) is 21.0 Å². The van der Waals surface area contributed by atoms with E-state index in [1.54, 1.807) is 11.3 Å². The highest BCUT2D eigenvalue weighted by Crippen LogP contribution is 2.34. The number of nitrogens with zero attached hydrogens (tertiary/aromatic N) is 1. The average Bonchev–Trinajstić information content (AvgIpc) is 3.16. The molecule has 0 amide bonds. The van der Waals surface area contributed by atoms with Crippen molar-refractivity contribution in [2.45, 2.75) is 0 Å². The lowest BCUT2D eigenvalue weighted by Crippen LogP contribution is -1.89. The van der Waals surface area contributed by atoms with Crippen LogP contribution < -0.4 is 0 Å². The third-order valence-corrected chi connectivity index (χ3v) is 5.10. The summed E-state index contributed by atoms with van der Waals surface area (Å²) >= 11 is 1.58. The predicted molar refractivity (Wildman–Crippen MR) is 106 cm³/mol. The molecule has 2 heteroatoms. The van der Waals surface area contributed by atoms with Crippen LogP contribution in [0, 0.1) is 24.7 Å². The first-order valence-electron chi connectivity index (χ1n) is 7.82. The second-order valence-corrected chi connectivity index (χ2v) is 6.69. The quantitative estimate of drug-likeness (QED) is 0.435. The summed E-state index contributed by atoms with van der Waals surface area (Å²) in [5, 5.41) is 1.05. The normalized spacial score (nSPS) is 10.3. The van der Waals surface area contributed by atoms with Crippen molar-refractivity contribution in [1.29, 1.82) is 0 Å². The highest BCUT2D eigenvalue weighted by molar-refractivity contribution is 7.16. The molecule has 0 spiro atoms. The van der Waals surface area contributed by atoms with Crippen LogP contribution in [-0.2, 0) is 0 Å². The number of hydrogen-bond donors (Lipinski definition) is 0. The van der Waals surface area contributed by atoms with E-state index in [1.807, 2.05) is 48.5 Å². The van der Waals surface area contributed by atoms with E-state index in [9.17, 15) is 0 Å². The molecule has 0 unspecified atom stereocenters. The van der Waals surface area contributed by atoms with Crippen molar-refractivity contribution >= 4 is 22.2 Å². The van der Waals surface area contributed by atoms with E-state index in [-0.39, 0.29) is 0 Å². The zero-order valence-electron chi connectivity index (χ0n) is 13.4. The lowest BCUT2D eigenvalue weighted by atomic mass is 9.98. The molecule has 0 saturated carbocycles. The molecule has 0 saturated heterocycles. The van der Waals surface area contributed by atoms with Gasteiger partial charge in [0.1, 0.15) is 0 Å². The third kappa shape index (κ3) is 2.81. The van der Waals surface area contributed by atoms with Crippen LogP contribution >= 0.6 is 11.3 Å². The molecule has 0 bridgehead atoms. The fourth-order valence-electron chi connectivity index (χ4n) is 2.85. The van der Waals surface area contributed by atoms with Gasteiger partial charge in [0.2, 0.25) is 0 Å². The first kappa shape index (κ1) is 15.2. The summed E-state index contributed by atoms with van der Waals surface area (Å²) in [5.41, 5.74) is 4.95. The first-order chi connectivity index (χ1) is 12.3. The first-order valence-corrected chi connectivity index (χ1v) is 8.64. The average molecular weight is 335 g/mol. The minimum absolute atomic E-state index is 0.852. The highest BCUT2D eigenvalue weighted by atomic mass is 32.1. The summed E-state index contributed by atoms with van der Waals surface area (Å²) in [5.74, 6) is 5.39. The summed E-state index contributed by atoms with van der Waals surface area (Å²) < 4.78 is 0. The lowest BCUT2D eigenvalue weighted by Gasteiger charge is -2.10. The van der Waals surface area contributed by atoms with Crippen molar-refractivity contribution in [2.24, 2.45) is 0 Å². The van der Waals surface area contributed by atoms with Crippen molar-refractivity contribution in [1.82, 2.24) is 4.98 Å². The predicted octanol–water partition coefficient (Wildman–Crippen LogP) is 5.59. The van der Waals surface area contributed by atoms with Crippen LogP contribution in [0.15, 0.2) is 66.7 Å². The summed E-state index contributed by atoms with van der Waals surface area (Å²) in [7, 11) is 0. The fourth-order valence-corrected chi connectivity index (χ4v) is 3.63. The molecule has 0 N–H and O–H groups in total. The summed E-state index contributed by atoms with van der Waals surface area (Å²) in [6.45, 7) is 0. The number of terminal acetylenes is 2. The smallest absolute Gasteiger partial charge is 0.0816 e. The van der Waals surface area contributed by atoms with Gasteiger partial charge in [-0.25, -0.2) is 4.98 Å². The van der Waals surface area contributed by atoms with Gasteiger partial charge in [-0.1, -0.05) is 42.2 Å². The minimum Gasteiger partial charge on any atom is -0.247 e. The largest absolute Gasteiger partial charge is 0.247 e. The van der Waals surface area contributed by atoms with E-state index in [2.05, 4.69) is 30.0 Å². The Morgan fingerprint density at radius 2 is 1.68 bits per heavy atom. The van der Waals surface area contributed by atoms with Gasteiger partial charge in [0, 0.05) is 10.9 Å². The molecule has 1 nitrogen and oxygen atoms in total. The number of rotatable bonds is 2. The minimum atomic E-state index is 0.852. The van der Waals surface area contributed by atoms with Gasteiger partial charge in [0.25, 0.3) is 0 Å². The maximum Gasteiger partial charge on any atom is 0.0816 e. The fraction of sp³-hybridized carbons (Fsp3) is 0. The second-order valence-electron chi connectivity index (χ2n) is 5.61. The van der Waals surface area contributed by atoms with Crippen LogP contribution in [0.3, 0.4) is 0 Å². The van der Waals surface area contributed by atoms with E-state index < -0.39 is 0 Å². The zero-order valence-corrected chi connectivity index (χ0v) is 14.2. The molecule has 4 aromatic rings. The van der Waals surface area contributed by atoms with Gasteiger partial charge >= 0.3 is 0 Å². The Bertz CT molecular complexity index is 1150. The molecule has 2 heterocycles. The van der Waals surface area contributed by atoms with E-state index in [0.717, 1.165) is 43.0 Å². The van der Waals surface area contributed by atoms with E-state index in [4.69, 9.17) is 17.8 Å². The second kappa shape index (κ2) is 6.29. The monoisotopic (exact) mass is 335 g/mol. The van der Waals surface area contributed by atoms with Gasteiger partial charge in [-0.2, -0.15) is 0 Å². The highest BCUT2D eigenvalue weighted by Gasteiger charge is 2.11. The molecule has 25 heavy (non-hydrogen) atoms. The van der Waals surface area contributed by atoms with Crippen molar-refractivity contribution in [3.8, 4) is 46.4 Å². The number of benzene rings is 2. The van der Waals surface area contributed by atoms with Gasteiger partial charge in [-0.05, 0) is 47.5 Å². The van der Waals surface area contributed by atoms with E-state index in [1.165, 1.54) is 0 Å². The van der Waals surface area contributed by atoms with Crippen molar-refractivity contribution < 1.29 is 0 Å². The van der Waals surface area contributed by atoms with Crippen LogP contribution in [-0.4, -0.2) is 4.98 Å². The molecule has 0 aliphatic heterocycles.